The summed E-state index contributed by atoms with van der Waals surface area (Å²) in [5, 5.41) is 3.74. The number of anilines is 1. The Morgan fingerprint density at radius 3 is 2.55 bits per heavy atom. The average Bonchev–Trinajstić information content (AvgIpc) is 2.71. The Labute approximate surface area is 181 Å². The fourth-order valence-electron chi connectivity index (χ4n) is 3.69. The molecule has 0 aliphatic rings. The molecule has 0 unspecified atom stereocenters. The van der Waals surface area contributed by atoms with Crippen molar-refractivity contribution >= 4 is 28.5 Å². The number of carbonyl (C=O) groups is 2. The SMILES string of the molecule is CCCCOC(=O)c1cccc(NC(=O)Cn2c(=O)cc(C)c3cc(C)cc(C)c32)c1. The van der Waals surface area contributed by atoms with E-state index >= 15 is 0 Å². The number of nitrogens with one attached hydrogen (secondary N) is 1. The lowest BCUT2D eigenvalue weighted by Crippen LogP contribution is -2.28. The first-order valence-electron chi connectivity index (χ1n) is 10.5. The third-order valence-electron chi connectivity index (χ3n) is 5.16. The van der Waals surface area contributed by atoms with Gasteiger partial charge < -0.3 is 10.1 Å². The Bertz CT molecular complexity index is 1190. The second-order valence-corrected chi connectivity index (χ2v) is 7.85. The smallest absolute Gasteiger partial charge is 0.338 e. The number of unbranched alkanes of at least 4 members (excludes halogenated alkanes) is 1. The van der Waals surface area contributed by atoms with Gasteiger partial charge in [-0.3, -0.25) is 14.2 Å². The van der Waals surface area contributed by atoms with Gasteiger partial charge in [0.15, 0.2) is 0 Å². The Morgan fingerprint density at radius 1 is 1.03 bits per heavy atom. The van der Waals surface area contributed by atoms with Gasteiger partial charge in [0.1, 0.15) is 6.54 Å². The first kappa shape index (κ1) is 22.3. The molecule has 3 aromatic rings. The van der Waals surface area contributed by atoms with Crippen LogP contribution in [-0.4, -0.2) is 23.1 Å². The molecule has 6 heteroatoms. The van der Waals surface area contributed by atoms with Gasteiger partial charge in [-0.1, -0.05) is 31.0 Å². The third-order valence-corrected chi connectivity index (χ3v) is 5.16. The zero-order chi connectivity index (χ0) is 22.5. The fourth-order valence-corrected chi connectivity index (χ4v) is 3.69. The molecule has 6 nitrogen and oxygen atoms in total. The minimum atomic E-state index is -0.420. The molecule has 0 atom stereocenters. The quantitative estimate of drug-likeness (QED) is 0.450. The number of aryl methyl sites for hydroxylation is 3. The predicted octanol–water partition coefficient (Wildman–Crippen LogP) is 4.52. The summed E-state index contributed by atoms with van der Waals surface area (Å²) < 4.78 is 6.72. The molecular weight excluding hydrogens is 392 g/mol. The summed E-state index contributed by atoms with van der Waals surface area (Å²) in [6.07, 6.45) is 1.75. The van der Waals surface area contributed by atoms with Crippen LogP contribution in [0.1, 0.15) is 46.8 Å². The molecule has 1 amide bonds. The van der Waals surface area contributed by atoms with Crippen molar-refractivity contribution in [3.8, 4) is 0 Å². The summed E-state index contributed by atoms with van der Waals surface area (Å²) in [5.41, 5.74) is 4.33. The van der Waals surface area contributed by atoms with Gasteiger partial charge in [0.2, 0.25) is 5.91 Å². The number of ether oxygens (including phenoxy) is 1. The molecule has 2 aromatic carbocycles. The molecule has 3 rings (SSSR count). The Balaban J connectivity index is 1.82. The number of esters is 1. The molecule has 0 bridgehead atoms. The second-order valence-electron chi connectivity index (χ2n) is 7.85. The van der Waals surface area contributed by atoms with Crippen molar-refractivity contribution in [2.45, 2.75) is 47.1 Å². The van der Waals surface area contributed by atoms with Crippen LogP contribution in [0.4, 0.5) is 5.69 Å². The summed E-state index contributed by atoms with van der Waals surface area (Å²) >= 11 is 0. The molecule has 162 valence electrons. The van der Waals surface area contributed by atoms with Crippen LogP contribution in [-0.2, 0) is 16.1 Å². The fraction of sp³-hybridized carbons (Fsp3) is 0.320. The molecule has 1 heterocycles. The van der Waals surface area contributed by atoms with Crippen LogP contribution < -0.4 is 10.9 Å². The molecule has 0 radical (unpaired) electrons. The Hall–Kier alpha value is -3.41. The molecule has 0 saturated carbocycles. The van der Waals surface area contributed by atoms with Crippen molar-refractivity contribution in [2.75, 3.05) is 11.9 Å². The first-order valence-corrected chi connectivity index (χ1v) is 10.5. The van der Waals surface area contributed by atoms with E-state index < -0.39 is 5.97 Å². The number of carbonyl (C=O) groups excluding carboxylic acids is 2. The third kappa shape index (κ3) is 5.20. The summed E-state index contributed by atoms with van der Waals surface area (Å²) in [6, 6.07) is 12.2. The highest BCUT2D eigenvalue weighted by Crippen LogP contribution is 2.22. The van der Waals surface area contributed by atoms with Gasteiger partial charge >= 0.3 is 5.97 Å². The molecule has 31 heavy (non-hydrogen) atoms. The van der Waals surface area contributed by atoms with Gasteiger partial charge in [-0.05, 0) is 62.6 Å². The number of aromatic nitrogens is 1. The van der Waals surface area contributed by atoms with Crippen molar-refractivity contribution in [1.82, 2.24) is 4.57 Å². The van der Waals surface area contributed by atoms with Gasteiger partial charge in [0.05, 0.1) is 17.7 Å². The largest absolute Gasteiger partial charge is 0.462 e. The van der Waals surface area contributed by atoms with Gasteiger partial charge in [-0.15, -0.1) is 0 Å². The number of hydrogen-bond donors (Lipinski definition) is 1. The number of benzene rings is 2. The van der Waals surface area contributed by atoms with Gasteiger partial charge in [0, 0.05) is 17.1 Å². The normalized spacial score (nSPS) is 10.8. The van der Waals surface area contributed by atoms with Crippen LogP contribution in [0.5, 0.6) is 0 Å². The number of pyridine rings is 1. The Morgan fingerprint density at radius 2 is 1.81 bits per heavy atom. The van der Waals surface area contributed by atoms with Gasteiger partial charge in [-0.25, -0.2) is 4.79 Å². The van der Waals surface area contributed by atoms with Crippen LogP contribution in [0.2, 0.25) is 0 Å². The van der Waals surface area contributed by atoms with Gasteiger partial charge in [-0.2, -0.15) is 0 Å². The van der Waals surface area contributed by atoms with Crippen molar-refractivity contribution in [3.05, 3.63) is 75.1 Å². The topological polar surface area (TPSA) is 77.4 Å². The van der Waals surface area contributed by atoms with E-state index in [2.05, 4.69) is 5.32 Å². The van der Waals surface area contributed by atoms with E-state index in [-0.39, 0.29) is 18.0 Å². The van der Waals surface area contributed by atoms with Crippen molar-refractivity contribution in [3.63, 3.8) is 0 Å². The van der Waals surface area contributed by atoms with E-state index in [9.17, 15) is 14.4 Å². The van der Waals surface area contributed by atoms with Crippen molar-refractivity contribution in [1.29, 1.82) is 0 Å². The molecule has 0 aliphatic heterocycles. The highest BCUT2D eigenvalue weighted by Gasteiger charge is 2.14. The minimum Gasteiger partial charge on any atom is -0.462 e. The van der Waals surface area contributed by atoms with Crippen LogP contribution in [0.3, 0.4) is 0 Å². The summed E-state index contributed by atoms with van der Waals surface area (Å²) in [5.74, 6) is -0.764. The molecule has 0 spiro atoms. The standard InChI is InChI=1S/C25H28N2O4/c1-5-6-10-31-25(30)19-8-7-9-20(14-19)26-22(28)15-27-23(29)13-17(3)21-12-16(2)11-18(4)24(21)27/h7-9,11-14H,5-6,10,15H2,1-4H3,(H,26,28). The first-order chi connectivity index (χ1) is 14.8. The highest BCUT2D eigenvalue weighted by atomic mass is 16.5. The molecular formula is C25H28N2O4. The van der Waals surface area contributed by atoms with Crippen molar-refractivity contribution < 1.29 is 14.3 Å². The van der Waals surface area contributed by atoms with E-state index in [4.69, 9.17) is 4.74 Å². The molecule has 0 fully saturated rings. The zero-order valence-corrected chi connectivity index (χ0v) is 18.5. The van der Waals surface area contributed by atoms with E-state index in [1.807, 2.05) is 39.8 Å². The lowest BCUT2D eigenvalue weighted by molar-refractivity contribution is -0.116. The summed E-state index contributed by atoms with van der Waals surface area (Å²) in [7, 11) is 0. The maximum absolute atomic E-state index is 12.7. The minimum absolute atomic E-state index is 0.120. The lowest BCUT2D eigenvalue weighted by atomic mass is 10.0. The number of amides is 1. The lowest BCUT2D eigenvalue weighted by Gasteiger charge is -2.15. The predicted molar refractivity (Wildman–Crippen MR) is 123 cm³/mol. The highest BCUT2D eigenvalue weighted by molar-refractivity contribution is 5.95. The number of rotatable bonds is 7. The van der Waals surface area contributed by atoms with Crippen LogP contribution in [0, 0.1) is 20.8 Å². The molecule has 0 aliphatic carbocycles. The number of nitrogens with zero attached hydrogens (tertiary/aromatic N) is 1. The second kappa shape index (κ2) is 9.60. The van der Waals surface area contributed by atoms with Crippen LogP contribution in [0.25, 0.3) is 10.9 Å². The Kier molecular flexibility index (Phi) is 6.90. The van der Waals surface area contributed by atoms with Crippen LogP contribution in [0.15, 0.2) is 47.3 Å². The van der Waals surface area contributed by atoms with Crippen molar-refractivity contribution in [2.24, 2.45) is 0 Å². The molecule has 1 N–H and O–H groups in total. The maximum Gasteiger partial charge on any atom is 0.338 e. The summed E-state index contributed by atoms with van der Waals surface area (Å²) in [4.78, 5) is 37.6. The van der Waals surface area contributed by atoms with E-state index in [0.29, 0.717) is 17.9 Å². The molecule has 1 aromatic heterocycles. The molecule has 0 saturated heterocycles. The number of fused-ring (bicyclic) bond motifs is 1. The van der Waals surface area contributed by atoms with E-state index in [1.165, 1.54) is 4.57 Å². The van der Waals surface area contributed by atoms with E-state index in [1.54, 1.807) is 30.3 Å². The van der Waals surface area contributed by atoms with E-state index in [0.717, 1.165) is 40.4 Å². The summed E-state index contributed by atoms with van der Waals surface area (Å²) in [6.45, 7) is 8.12. The van der Waals surface area contributed by atoms with Crippen LogP contribution >= 0.6 is 0 Å². The van der Waals surface area contributed by atoms with Gasteiger partial charge in [0.25, 0.3) is 5.56 Å². The maximum atomic E-state index is 12.7. The monoisotopic (exact) mass is 420 g/mol. The average molecular weight is 421 g/mol. The number of hydrogen-bond acceptors (Lipinski definition) is 4. The zero-order valence-electron chi connectivity index (χ0n) is 18.5.